The summed E-state index contributed by atoms with van der Waals surface area (Å²) >= 11 is 0. The predicted molar refractivity (Wildman–Crippen MR) is 50.1 cm³/mol. The zero-order chi connectivity index (χ0) is 12.1. The quantitative estimate of drug-likeness (QED) is 0.189. The van der Waals surface area contributed by atoms with Crippen LogP contribution < -0.4 is 29.6 Å². The van der Waals surface area contributed by atoms with Crippen LogP contribution in [0.25, 0.3) is 0 Å². The van der Waals surface area contributed by atoms with Crippen LogP contribution in [0.15, 0.2) is 24.3 Å². The summed E-state index contributed by atoms with van der Waals surface area (Å²) in [5.74, 6) is -0.299. The van der Waals surface area contributed by atoms with Gasteiger partial charge in [-0.25, -0.2) is 4.57 Å². The van der Waals surface area contributed by atoms with Gasteiger partial charge in [0.05, 0.1) is 4.92 Å². The average Bonchev–Trinajstić information content (AvgIpc) is 2.01. The van der Waals surface area contributed by atoms with Gasteiger partial charge in [-0.3, -0.25) is 10.1 Å². The smallest absolute Gasteiger partial charge is 1.00 e. The Kier molecular flexibility index (Phi) is 8.67. The van der Waals surface area contributed by atoms with Gasteiger partial charge in [0.25, 0.3) is 0 Å². The van der Waals surface area contributed by atoms with Gasteiger partial charge in [0.15, 0.2) is 5.75 Å². The van der Waals surface area contributed by atoms with Crippen molar-refractivity contribution in [3.8, 4) is 5.75 Å². The number of para-hydroxylation sites is 2. The molecule has 1 aromatic carbocycles. The number of nitrogens with zero attached hydrogens (tertiary/aromatic N) is 1. The first kappa shape index (κ1) is 17.9. The van der Waals surface area contributed by atoms with Crippen molar-refractivity contribution in [2.45, 2.75) is 0 Å². The Hall–Kier alpha value is -0.470. The molecule has 16 heavy (non-hydrogen) atoms. The van der Waals surface area contributed by atoms with Gasteiger partial charge >= 0.3 is 43.1 Å². The number of hydrogen-bond acceptors (Lipinski definition) is 4. The molecule has 0 aliphatic carbocycles. The molecule has 0 aromatic heterocycles. The minimum absolute atomic E-state index is 0. The van der Waals surface area contributed by atoms with E-state index in [-0.39, 0.29) is 42.4 Å². The Morgan fingerprint density at radius 3 is 1.88 bits per heavy atom. The predicted octanol–water partition coefficient (Wildman–Crippen LogP) is -2.51. The van der Waals surface area contributed by atoms with Crippen molar-refractivity contribution >= 4 is 13.5 Å². The van der Waals surface area contributed by atoms with E-state index in [0.717, 1.165) is 0 Å². The van der Waals surface area contributed by atoms with E-state index in [1.54, 1.807) is 0 Å². The fourth-order valence-electron chi connectivity index (χ4n) is 0.619. The molecule has 8 nitrogen and oxygen atoms in total. The summed E-state index contributed by atoms with van der Waals surface area (Å²) < 4.78 is 8.88. The van der Waals surface area contributed by atoms with Gasteiger partial charge in [-0.05, 0) is 6.07 Å². The second kappa shape index (κ2) is 7.75. The summed E-state index contributed by atoms with van der Waals surface area (Å²) in [7, 11) is -4.64. The zero-order valence-electron chi connectivity index (χ0n) is 9.22. The van der Waals surface area contributed by atoms with E-state index in [1.165, 1.54) is 24.3 Å². The molecule has 0 spiro atoms. The fourth-order valence-corrected chi connectivity index (χ4v) is 0.619. The SMILES string of the molecule is O=P(O)(O)O.O=[N+]([O-])c1ccccc1O.[H-].[Na+]. The van der Waals surface area contributed by atoms with Crippen molar-refractivity contribution in [3.63, 3.8) is 0 Å². The van der Waals surface area contributed by atoms with Gasteiger partial charge in [0.2, 0.25) is 0 Å². The zero-order valence-corrected chi connectivity index (χ0v) is 11.1. The Bertz CT molecular complexity index is 389. The van der Waals surface area contributed by atoms with E-state index in [4.69, 9.17) is 24.4 Å². The number of hydrogen-bond donors (Lipinski definition) is 4. The molecule has 1 aromatic rings. The number of aromatic hydroxyl groups is 1. The number of nitro benzene ring substituents is 1. The molecular weight excluding hydrogens is 252 g/mol. The van der Waals surface area contributed by atoms with Crippen molar-refractivity contribution in [1.29, 1.82) is 0 Å². The molecule has 0 heterocycles. The Labute approximate surface area is 114 Å². The maximum Gasteiger partial charge on any atom is 1.00 e. The number of phenolic OH excluding ortho intramolecular Hbond substituents is 1. The van der Waals surface area contributed by atoms with Gasteiger partial charge < -0.3 is 21.2 Å². The molecule has 0 amide bonds. The molecule has 0 atom stereocenters. The molecule has 0 radical (unpaired) electrons. The molecule has 4 N–H and O–H groups in total. The Balaban J connectivity index is -0.000000247. The molecule has 0 aliphatic rings. The molecule has 0 unspecified atom stereocenters. The van der Waals surface area contributed by atoms with Crippen LogP contribution in [0.1, 0.15) is 1.43 Å². The van der Waals surface area contributed by atoms with Gasteiger partial charge in [-0.15, -0.1) is 0 Å². The maximum absolute atomic E-state index is 10.1. The second-order valence-electron chi connectivity index (χ2n) is 2.26. The third kappa shape index (κ3) is 10.1. The first-order valence-corrected chi connectivity index (χ1v) is 4.99. The van der Waals surface area contributed by atoms with Crippen LogP contribution in [0, 0.1) is 10.1 Å². The molecule has 1 rings (SSSR count). The summed E-state index contributed by atoms with van der Waals surface area (Å²) in [6.07, 6.45) is 0. The number of phenols is 1. The summed E-state index contributed by atoms with van der Waals surface area (Å²) in [6, 6.07) is 5.55. The summed E-state index contributed by atoms with van der Waals surface area (Å²) in [5.41, 5.74) is -0.262. The summed E-state index contributed by atoms with van der Waals surface area (Å²) in [6.45, 7) is 0. The van der Waals surface area contributed by atoms with Gasteiger partial charge in [0.1, 0.15) is 0 Å². The van der Waals surface area contributed by atoms with Crippen LogP contribution in [0.3, 0.4) is 0 Å². The van der Waals surface area contributed by atoms with Crippen LogP contribution in [0.5, 0.6) is 5.75 Å². The minimum Gasteiger partial charge on any atom is -1.00 e. The monoisotopic (exact) mass is 261 g/mol. The molecule has 86 valence electrons. The van der Waals surface area contributed by atoms with Crippen LogP contribution in [-0.2, 0) is 4.57 Å². The third-order valence-corrected chi connectivity index (χ3v) is 1.08. The number of benzene rings is 1. The standard InChI is InChI=1S/C6H5NO3.Na.H3O4P.H/c8-6-4-2-1-3-5(6)7(9)10;;1-5(2,3)4;/h1-4,8H;;(H3,1,2,3,4);/q;+1;;-1. The topological polar surface area (TPSA) is 141 Å². The van der Waals surface area contributed by atoms with E-state index in [9.17, 15) is 10.1 Å². The van der Waals surface area contributed by atoms with Crippen molar-refractivity contribution in [2.75, 3.05) is 0 Å². The number of phosphoric acid groups is 1. The normalized spacial score (nSPS) is 9.44. The Morgan fingerprint density at radius 1 is 1.25 bits per heavy atom. The van der Waals surface area contributed by atoms with Gasteiger partial charge in [-0.2, -0.15) is 0 Å². The van der Waals surface area contributed by atoms with E-state index >= 15 is 0 Å². The van der Waals surface area contributed by atoms with Crippen molar-refractivity contribution < 1.29 is 60.3 Å². The van der Waals surface area contributed by atoms with E-state index in [0.29, 0.717) is 0 Å². The molecule has 0 saturated heterocycles. The van der Waals surface area contributed by atoms with Crippen molar-refractivity contribution in [1.82, 2.24) is 0 Å². The van der Waals surface area contributed by atoms with Crippen molar-refractivity contribution in [3.05, 3.63) is 34.4 Å². The first-order valence-electron chi connectivity index (χ1n) is 3.42. The van der Waals surface area contributed by atoms with Crippen molar-refractivity contribution in [2.24, 2.45) is 0 Å². The van der Waals surface area contributed by atoms with E-state index in [2.05, 4.69) is 0 Å². The first-order chi connectivity index (χ1) is 6.72. The van der Waals surface area contributed by atoms with Crippen LogP contribution in [0.4, 0.5) is 5.69 Å². The molecule has 0 fully saturated rings. The van der Waals surface area contributed by atoms with Crippen LogP contribution >= 0.6 is 7.82 Å². The maximum atomic E-state index is 10.1. The molecule has 0 bridgehead atoms. The summed E-state index contributed by atoms with van der Waals surface area (Å²) in [4.78, 5) is 31.0. The largest absolute Gasteiger partial charge is 1.00 e. The molecule has 0 saturated carbocycles. The second-order valence-corrected chi connectivity index (χ2v) is 3.29. The van der Waals surface area contributed by atoms with Gasteiger partial charge in [0, 0.05) is 6.07 Å². The molecular formula is C6H9NNaO7P. The summed E-state index contributed by atoms with van der Waals surface area (Å²) in [5, 5.41) is 18.9. The number of rotatable bonds is 1. The molecule has 0 aliphatic heterocycles. The van der Waals surface area contributed by atoms with Crippen LogP contribution in [-0.4, -0.2) is 24.7 Å². The van der Waals surface area contributed by atoms with E-state index in [1.807, 2.05) is 0 Å². The fraction of sp³-hybridized carbons (Fsp3) is 0. The minimum atomic E-state index is -4.64. The van der Waals surface area contributed by atoms with Crippen LogP contribution in [0.2, 0.25) is 0 Å². The van der Waals surface area contributed by atoms with E-state index < -0.39 is 12.7 Å². The Morgan fingerprint density at radius 2 is 1.62 bits per heavy atom. The average molecular weight is 261 g/mol. The molecule has 10 heteroatoms. The van der Waals surface area contributed by atoms with Gasteiger partial charge in [-0.1, -0.05) is 12.1 Å². The number of nitro groups is 1. The third-order valence-electron chi connectivity index (χ3n) is 1.08.